The Kier molecular flexibility index (Phi) is 30.9. The van der Waals surface area contributed by atoms with Crippen LogP contribution in [0.5, 0.6) is 0 Å². The fraction of sp³-hybridized carbons (Fsp3) is 0.750. The summed E-state index contributed by atoms with van der Waals surface area (Å²) in [5, 5.41) is 15.0. The topological polar surface area (TPSA) is 57.5 Å². The van der Waals surface area contributed by atoms with E-state index in [2.05, 4.69) is 0 Å². The summed E-state index contributed by atoms with van der Waals surface area (Å²) in [6.45, 7) is 3.01. The smallest absolute Gasteiger partial charge is 0.300 e. The van der Waals surface area contributed by atoms with Gasteiger partial charge in [-0.1, -0.05) is 0 Å². The molecule has 53 valence electrons. The van der Waals surface area contributed by atoms with Gasteiger partial charge in [-0.2, -0.15) is 0 Å². The molecule has 0 aliphatic rings. The van der Waals surface area contributed by atoms with E-state index in [-0.39, 0.29) is 23.4 Å². The monoisotopic (exact) mass is 165 g/mol. The fourth-order valence-electron chi connectivity index (χ4n) is 0. The first-order chi connectivity index (χ1) is 3.15. The van der Waals surface area contributed by atoms with Gasteiger partial charge < -0.3 is 10.2 Å². The quantitative estimate of drug-likeness (QED) is 0.534. The van der Waals surface area contributed by atoms with E-state index < -0.39 is 5.97 Å². The van der Waals surface area contributed by atoms with Crippen LogP contribution in [0, 0.1) is 0 Å². The predicted molar refractivity (Wildman–Crippen MR) is 26.1 cm³/mol. The SMILES string of the molecule is CC(=O)O.CCO.[Co]. The molecule has 0 aliphatic heterocycles. The van der Waals surface area contributed by atoms with Crippen molar-refractivity contribution >= 4 is 5.97 Å². The molecule has 3 nitrogen and oxygen atoms in total. The number of aliphatic hydroxyl groups is 1. The molecule has 0 fully saturated rings. The van der Waals surface area contributed by atoms with Gasteiger partial charge in [-0.05, 0) is 6.92 Å². The molecule has 4 heteroatoms. The number of aliphatic carboxylic acids is 1. The van der Waals surface area contributed by atoms with Crippen LogP contribution in [-0.2, 0) is 21.6 Å². The van der Waals surface area contributed by atoms with Crippen molar-refractivity contribution in [2.24, 2.45) is 0 Å². The number of hydrogen-bond acceptors (Lipinski definition) is 2. The van der Waals surface area contributed by atoms with Gasteiger partial charge in [0.25, 0.3) is 5.97 Å². The molecule has 0 rings (SSSR count). The molecule has 0 aliphatic carbocycles. The van der Waals surface area contributed by atoms with Crippen molar-refractivity contribution < 1.29 is 31.8 Å². The third-order valence-corrected chi connectivity index (χ3v) is 0. The van der Waals surface area contributed by atoms with E-state index in [1.807, 2.05) is 0 Å². The second-order valence-corrected chi connectivity index (χ2v) is 0.835. The Morgan fingerprint density at radius 2 is 1.62 bits per heavy atom. The van der Waals surface area contributed by atoms with Gasteiger partial charge in [0.1, 0.15) is 0 Å². The minimum absolute atomic E-state index is 0. The van der Waals surface area contributed by atoms with E-state index in [0.29, 0.717) is 0 Å². The van der Waals surface area contributed by atoms with Gasteiger partial charge in [0, 0.05) is 30.3 Å². The van der Waals surface area contributed by atoms with E-state index >= 15 is 0 Å². The van der Waals surface area contributed by atoms with Crippen LogP contribution in [-0.4, -0.2) is 22.8 Å². The number of carboxylic acids is 1. The Morgan fingerprint density at radius 1 is 1.62 bits per heavy atom. The van der Waals surface area contributed by atoms with E-state index in [0.717, 1.165) is 6.92 Å². The van der Waals surface area contributed by atoms with Crippen LogP contribution >= 0.6 is 0 Å². The molecule has 0 atom stereocenters. The Labute approximate surface area is 58.9 Å². The molecule has 0 aromatic carbocycles. The molecule has 0 unspecified atom stereocenters. The molecule has 0 amide bonds. The number of rotatable bonds is 0. The van der Waals surface area contributed by atoms with Gasteiger partial charge in [0.05, 0.1) is 0 Å². The minimum Gasteiger partial charge on any atom is -0.481 e. The Morgan fingerprint density at radius 3 is 1.62 bits per heavy atom. The first-order valence-corrected chi connectivity index (χ1v) is 1.95. The molecule has 0 saturated heterocycles. The molecule has 0 spiro atoms. The maximum atomic E-state index is 9.00. The summed E-state index contributed by atoms with van der Waals surface area (Å²) in [4.78, 5) is 9.00. The van der Waals surface area contributed by atoms with Crippen LogP contribution in [0.25, 0.3) is 0 Å². The average Bonchev–Trinajstić information content (AvgIpc) is 1.33. The Hall–Kier alpha value is -0.0635. The maximum absolute atomic E-state index is 9.00. The van der Waals surface area contributed by atoms with Crippen molar-refractivity contribution in [3.63, 3.8) is 0 Å². The summed E-state index contributed by atoms with van der Waals surface area (Å²) in [5.74, 6) is -0.833. The van der Waals surface area contributed by atoms with E-state index in [1.54, 1.807) is 6.92 Å². The third kappa shape index (κ3) is 35900. The van der Waals surface area contributed by atoms with Crippen molar-refractivity contribution in [3.05, 3.63) is 0 Å². The summed E-state index contributed by atoms with van der Waals surface area (Å²) >= 11 is 0. The van der Waals surface area contributed by atoms with E-state index in [4.69, 9.17) is 15.0 Å². The van der Waals surface area contributed by atoms with Crippen molar-refractivity contribution in [1.82, 2.24) is 0 Å². The number of carbonyl (C=O) groups is 1. The zero-order valence-corrected chi connectivity index (χ0v) is 5.88. The standard InChI is InChI=1S/C2H4O2.C2H6O.Co/c1-2(3)4;1-2-3;/h1H3,(H,3,4);3H,2H2,1H3;. The second-order valence-electron chi connectivity index (χ2n) is 0.835. The van der Waals surface area contributed by atoms with Crippen LogP contribution < -0.4 is 0 Å². The summed E-state index contributed by atoms with van der Waals surface area (Å²) in [7, 11) is 0. The summed E-state index contributed by atoms with van der Waals surface area (Å²) in [5.41, 5.74) is 0. The van der Waals surface area contributed by atoms with E-state index in [1.165, 1.54) is 0 Å². The molecular formula is C4H10CoO3. The number of aliphatic hydroxyl groups excluding tert-OH is 1. The average molecular weight is 165 g/mol. The molecular weight excluding hydrogens is 155 g/mol. The van der Waals surface area contributed by atoms with Crippen LogP contribution in [0.2, 0.25) is 0 Å². The van der Waals surface area contributed by atoms with Crippen molar-refractivity contribution in [3.8, 4) is 0 Å². The van der Waals surface area contributed by atoms with Crippen LogP contribution in [0.3, 0.4) is 0 Å². The molecule has 0 aromatic rings. The predicted octanol–water partition coefficient (Wildman–Crippen LogP) is 0.0870. The normalized spacial score (nSPS) is 5.38. The third-order valence-electron chi connectivity index (χ3n) is 0. The summed E-state index contributed by atoms with van der Waals surface area (Å²) < 4.78 is 0. The number of hydrogen-bond donors (Lipinski definition) is 2. The molecule has 0 heterocycles. The van der Waals surface area contributed by atoms with Gasteiger partial charge >= 0.3 is 0 Å². The van der Waals surface area contributed by atoms with Gasteiger partial charge in [-0.3, -0.25) is 4.79 Å². The first-order valence-electron chi connectivity index (χ1n) is 1.95. The van der Waals surface area contributed by atoms with Gasteiger partial charge in [0.2, 0.25) is 0 Å². The minimum atomic E-state index is -0.833. The van der Waals surface area contributed by atoms with Crippen molar-refractivity contribution in [2.75, 3.05) is 6.61 Å². The van der Waals surface area contributed by atoms with Crippen LogP contribution in [0.15, 0.2) is 0 Å². The van der Waals surface area contributed by atoms with E-state index in [9.17, 15) is 0 Å². The molecule has 0 aromatic heterocycles. The Bertz CT molecular complexity index is 42.5. The molecule has 0 saturated carbocycles. The van der Waals surface area contributed by atoms with Gasteiger partial charge in [0.15, 0.2) is 0 Å². The zero-order chi connectivity index (χ0) is 6.28. The zero-order valence-electron chi connectivity index (χ0n) is 4.84. The van der Waals surface area contributed by atoms with Crippen LogP contribution in [0.4, 0.5) is 0 Å². The van der Waals surface area contributed by atoms with Crippen molar-refractivity contribution in [2.45, 2.75) is 13.8 Å². The summed E-state index contributed by atoms with van der Waals surface area (Å²) in [6.07, 6.45) is 0. The number of carboxylic acid groups (broad SMARTS) is 1. The maximum Gasteiger partial charge on any atom is 0.300 e. The molecule has 8 heavy (non-hydrogen) atoms. The Balaban J connectivity index is -0.0000000575. The fourth-order valence-corrected chi connectivity index (χ4v) is 0. The largest absolute Gasteiger partial charge is 0.481 e. The van der Waals surface area contributed by atoms with Gasteiger partial charge in [-0.15, -0.1) is 0 Å². The van der Waals surface area contributed by atoms with Crippen molar-refractivity contribution in [1.29, 1.82) is 0 Å². The second kappa shape index (κ2) is 15.8. The molecule has 0 bridgehead atoms. The molecule has 2 N–H and O–H groups in total. The van der Waals surface area contributed by atoms with Crippen LogP contribution in [0.1, 0.15) is 13.8 Å². The first kappa shape index (κ1) is 15.7. The molecule has 1 radical (unpaired) electrons. The summed E-state index contributed by atoms with van der Waals surface area (Å²) in [6, 6.07) is 0. The van der Waals surface area contributed by atoms with Gasteiger partial charge in [-0.25, -0.2) is 0 Å².